The van der Waals surface area contributed by atoms with Crippen molar-refractivity contribution >= 4 is 37.7 Å². The molecule has 0 aliphatic carbocycles. The van der Waals surface area contributed by atoms with Crippen molar-refractivity contribution < 1.29 is 9.53 Å². The van der Waals surface area contributed by atoms with E-state index >= 15 is 0 Å². The van der Waals surface area contributed by atoms with E-state index in [9.17, 15) is 9.59 Å². The minimum absolute atomic E-state index is 0.242. The SMILES string of the molecule is Cc1cc(C)c2c(n1)sc1c(=O)n(-c3cccc(C(=O)OCC(C)C)c3)nnc12. The number of fused-ring (bicyclic) bond motifs is 3. The van der Waals surface area contributed by atoms with Gasteiger partial charge in [-0.25, -0.2) is 9.78 Å². The minimum Gasteiger partial charge on any atom is -0.462 e. The van der Waals surface area contributed by atoms with Crippen LogP contribution in [0.1, 0.15) is 35.5 Å². The number of ether oxygens (including phenoxy) is 1. The summed E-state index contributed by atoms with van der Waals surface area (Å²) in [6, 6.07) is 8.61. The number of hydrogen-bond acceptors (Lipinski definition) is 7. The van der Waals surface area contributed by atoms with E-state index in [0.717, 1.165) is 21.5 Å². The van der Waals surface area contributed by atoms with Gasteiger partial charge in [-0.3, -0.25) is 4.79 Å². The largest absolute Gasteiger partial charge is 0.462 e. The van der Waals surface area contributed by atoms with Gasteiger partial charge in [-0.15, -0.1) is 16.4 Å². The lowest BCUT2D eigenvalue weighted by atomic mass is 10.1. The highest BCUT2D eigenvalue weighted by atomic mass is 32.1. The molecular formula is C21H20N4O3S. The Morgan fingerprint density at radius 2 is 2.03 bits per heavy atom. The van der Waals surface area contributed by atoms with E-state index in [4.69, 9.17) is 4.74 Å². The van der Waals surface area contributed by atoms with Crippen molar-refractivity contribution in [2.45, 2.75) is 27.7 Å². The molecule has 0 aliphatic rings. The quantitative estimate of drug-likeness (QED) is 0.477. The summed E-state index contributed by atoms with van der Waals surface area (Å²) in [5.74, 6) is -0.188. The molecule has 3 heterocycles. The van der Waals surface area contributed by atoms with Crippen LogP contribution in [0.5, 0.6) is 0 Å². The number of carbonyl (C=O) groups is 1. The lowest BCUT2D eigenvalue weighted by Crippen LogP contribution is -2.22. The van der Waals surface area contributed by atoms with Crippen molar-refractivity contribution in [2.24, 2.45) is 5.92 Å². The third-order valence-electron chi connectivity index (χ3n) is 4.46. The molecule has 4 rings (SSSR count). The molecule has 0 N–H and O–H groups in total. The van der Waals surface area contributed by atoms with Gasteiger partial charge in [-0.05, 0) is 49.6 Å². The number of benzene rings is 1. The summed E-state index contributed by atoms with van der Waals surface area (Å²) in [5, 5.41) is 9.28. The Hall–Kier alpha value is -3.13. The second-order valence-electron chi connectivity index (χ2n) is 7.39. The maximum atomic E-state index is 13.1. The van der Waals surface area contributed by atoms with Gasteiger partial charge in [0.15, 0.2) is 0 Å². The Morgan fingerprint density at radius 3 is 2.79 bits per heavy atom. The molecule has 0 radical (unpaired) electrons. The topological polar surface area (TPSA) is 87.0 Å². The van der Waals surface area contributed by atoms with Crippen LogP contribution in [0.25, 0.3) is 26.1 Å². The van der Waals surface area contributed by atoms with E-state index in [1.165, 1.54) is 16.0 Å². The molecule has 148 valence electrons. The number of pyridine rings is 1. The molecule has 0 atom stereocenters. The van der Waals surface area contributed by atoms with Crippen LogP contribution in [0.3, 0.4) is 0 Å². The maximum Gasteiger partial charge on any atom is 0.338 e. The Balaban J connectivity index is 1.81. The summed E-state index contributed by atoms with van der Waals surface area (Å²) in [6.45, 7) is 8.17. The average molecular weight is 408 g/mol. The summed E-state index contributed by atoms with van der Waals surface area (Å²) in [5.41, 5.74) is 3.00. The van der Waals surface area contributed by atoms with Gasteiger partial charge in [-0.1, -0.05) is 25.1 Å². The second kappa shape index (κ2) is 7.36. The summed E-state index contributed by atoms with van der Waals surface area (Å²) >= 11 is 1.31. The van der Waals surface area contributed by atoms with Gasteiger partial charge in [0, 0.05) is 11.1 Å². The second-order valence-corrected chi connectivity index (χ2v) is 8.39. The first-order valence-electron chi connectivity index (χ1n) is 9.29. The molecular weight excluding hydrogens is 388 g/mol. The van der Waals surface area contributed by atoms with Crippen molar-refractivity contribution in [3.8, 4) is 5.69 Å². The van der Waals surface area contributed by atoms with E-state index in [0.29, 0.717) is 28.1 Å². The van der Waals surface area contributed by atoms with Gasteiger partial charge in [0.05, 0.1) is 17.9 Å². The average Bonchev–Trinajstić information content (AvgIpc) is 3.06. The molecule has 0 spiro atoms. The number of thiophene rings is 1. The van der Waals surface area contributed by atoms with Gasteiger partial charge in [0.2, 0.25) is 0 Å². The monoisotopic (exact) mass is 408 g/mol. The number of aryl methyl sites for hydroxylation is 2. The maximum absolute atomic E-state index is 13.1. The number of rotatable bonds is 4. The molecule has 1 aromatic carbocycles. The molecule has 0 amide bonds. The van der Waals surface area contributed by atoms with Crippen LogP contribution in [0, 0.1) is 19.8 Å². The first-order valence-corrected chi connectivity index (χ1v) is 10.1. The Bertz CT molecular complexity index is 1310. The molecule has 3 aromatic heterocycles. The Kier molecular flexibility index (Phi) is 4.87. The summed E-state index contributed by atoms with van der Waals surface area (Å²) in [4.78, 5) is 30.7. The first kappa shape index (κ1) is 19.2. The molecule has 29 heavy (non-hydrogen) atoms. The summed E-state index contributed by atoms with van der Waals surface area (Å²) < 4.78 is 6.97. The fraction of sp³-hybridized carbons (Fsp3) is 0.286. The molecule has 4 aromatic rings. The van der Waals surface area contributed by atoms with Crippen molar-refractivity contribution in [1.82, 2.24) is 20.0 Å². The fourth-order valence-corrected chi connectivity index (χ4v) is 4.30. The molecule has 0 bridgehead atoms. The van der Waals surface area contributed by atoms with Crippen molar-refractivity contribution in [1.29, 1.82) is 0 Å². The number of carbonyl (C=O) groups excluding carboxylic acids is 1. The molecule has 0 saturated heterocycles. The molecule has 0 aliphatic heterocycles. The van der Waals surface area contributed by atoms with E-state index in [1.54, 1.807) is 24.3 Å². The van der Waals surface area contributed by atoms with Crippen LogP contribution in [0.4, 0.5) is 0 Å². The number of nitrogens with zero attached hydrogens (tertiary/aromatic N) is 4. The van der Waals surface area contributed by atoms with Gasteiger partial charge >= 0.3 is 5.97 Å². The van der Waals surface area contributed by atoms with Crippen molar-refractivity contribution in [3.63, 3.8) is 0 Å². The lowest BCUT2D eigenvalue weighted by molar-refractivity contribution is 0.0459. The van der Waals surface area contributed by atoms with Gasteiger partial charge in [0.25, 0.3) is 5.56 Å². The zero-order valence-corrected chi connectivity index (χ0v) is 17.4. The van der Waals surface area contributed by atoms with Crippen LogP contribution >= 0.6 is 11.3 Å². The third-order valence-corrected chi connectivity index (χ3v) is 5.52. The predicted octanol–water partition coefficient (Wildman–Crippen LogP) is 3.82. The first-order chi connectivity index (χ1) is 13.8. The number of aromatic nitrogens is 4. The summed E-state index contributed by atoms with van der Waals surface area (Å²) in [6.07, 6.45) is 0. The van der Waals surface area contributed by atoms with Crippen molar-refractivity contribution in [2.75, 3.05) is 6.61 Å². The molecule has 8 heteroatoms. The standard InChI is InChI=1S/C21H20N4O3S/c1-11(2)10-28-21(27)14-6-5-7-15(9-14)25-20(26)18-17(23-24-25)16-12(3)8-13(4)22-19(16)29-18/h5-9,11H,10H2,1-4H3. The third kappa shape index (κ3) is 3.51. The highest BCUT2D eigenvalue weighted by Gasteiger charge is 2.17. The molecule has 0 unspecified atom stereocenters. The molecule has 7 nitrogen and oxygen atoms in total. The zero-order valence-electron chi connectivity index (χ0n) is 16.6. The minimum atomic E-state index is -0.431. The molecule has 0 fully saturated rings. The smallest absolute Gasteiger partial charge is 0.338 e. The predicted molar refractivity (Wildman–Crippen MR) is 113 cm³/mol. The highest BCUT2D eigenvalue weighted by molar-refractivity contribution is 7.25. The zero-order chi connectivity index (χ0) is 20.7. The van der Waals surface area contributed by atoms with E-state index in [1.807, 2.05) is 33.8 Å². The van der Waals surface area contributed by atoms with E-state index < -0.39 is 5.97 Å². The van der Waals surface area contributed by atoms with E-state index in [-0.39, 0.29) is 11.5 Å². The summed E-state index contributed by atoms with van der Waals surface area (Å²) in [7, 11) is 0. The lowest BCUT2D eigenvalue weighted by Gasteiger charge is -2.08. The number of esters is 1. The normalized spacial score (nSPS) is 11.5. The van der Waals surface area contributed by atoms with Crippen LogP contribution in [-0.4, -0.2) is 32.6 Å². The molecule has 0 saturated carbocycles. The van der Waals surface area contributed by atoms with Crippen LogP contribution in [0.15, 0.2) is 35.1 Å². The highest BCUT2D eigenvalue weighted by Crippen LogP contribution is 2.31. The Morgan fingerprint density at radius 1 is 1.24 bits per heavy atom. The van der Waals surface area contributed by atoms with Crippen LogP contribution in [0.2, 0.25) is 0 Å². The van der Waals surface area contributed by atoms with Gasteiger partial charge in [-0.2, -0.15) is 4.68 Å². The van der Waals surface area contributed by atoms with Crippen LogP contribution in [-0.2, 0) is 4.74 Å². The fourth-order valence-electron chi connectivity index (χ4n) is 3.15. The number of hydrogen-bond donors (Lipinski definition) is 0. The Labute approximate surface area is 171 Å². The van der Waals surface area contributed by atoms with E-state index in [2.05, 4.69) is 15.3 Å². The van der Waals surface area contributed by atoms with Gasteiger partial charge < -0.3 is 4.74 Å². The van der Waals surface area contributed by atoms with Crippen molar-refractivity contribution in [3.05, 3.63) is 57.5 Å². The van der Waals surface area contributed by atoms with Gasteiger partial charge in [0.1, 0.15) is 15.0 Å². The van der Waals surface area contributed by atoms with Crippen LogP contribution < -0.4 is 5.56 Å².